The second-order valence-corrected chi connectivity index (χ2v) is 5.19. The highest BCUT2D eigenvalue weighted by Gasteiger charge is 2.05. The number of non-ortho nitro benzene ring substituents is 1. The Bertz CT molecular complexity index is 557. The van der Waals surface area contributed by atoms with Gasteiger partial charge in [0, 0.05) is 35.5 Å². The highest BCUT2D eigenvalue weighted by molar-refractivity contribution is 7.10. The Kier molecular flexibility index (Phi) is 4.30. The first-order valence-electron chi connectivity index (χ1n) is 5.32. The van der Waals surface area contributed by atoms with Gasteiger partial charge in [-0.15, -0.1) is 11.3 Å². The second kappa shape index (κ2) is 5.95. The molecule has 0 saturated carbocycles. The first-order chi connectivity index (χ1) is 8.65. The Labute approximate surface area is 113 Å². The Morgan fingerprint density at radius 3 is 2.83 bits per heavy atom. The number of nitrogens with one attached hydrogen (secondary N) is 1. The summed E-state index contributed by atoms with van der Waals surface area (Å²) in [4.78, 5) is 11.4. The van der Waals surface area contributed by atoms with Gasteiger partial charge in [0.15, 0.2) is 0 Å². The van der Waals surface area contributed by atoms with E-state index < -0.39 is 0 Å². The minimum Gasteiger partial charge on any atom is -0.308 e. The lowest BCUT2D eigenvalue weighted by Crippen LogP contribution is -2.11. The number of benzene rings is 1. The van der Waals surface area contributed by atoms with Gasteiger partial charge in [0.1, 0.15) is 0 Å². The van der Waals surface area contributed by atoms with E-state index >= 15 is 0 Å². The smallest absolute Gasteiger partial charge is 0.269 e. The predicted molar refractivity (Wildman–Crippen MR) is 73.0 cm³/mol. The summed E-state index contributed by atoms with van der Waals surface area (Å²) in [5.41, 5.74) is 1.01. The van der Waals surface area contributed by atoms with Gasteiger partial charge in [0.05, 0.1) is 9.95 Å². The van der Waals surface area contributed by atoms with Crippen LogP contribution in [0.5, 0.6) is 0 Å². The topological polar surface area (TPSA) is 55.2 Å². The second-order valence-electron chi connectivity index (χ2n) is 3.76. The minimum atomic E-state index is -0.386. The lowest BCUT2D eigenvalue weighted by atomic mass is 10.2. The molecule has 0 amide bonds. The number of halogens is 1. The molecule has 4 nitrogen and oxygen atoms in total. The summed E-state index contributed by atoms with van der Waals surface area (Å²) >= 11 is 7.41. The van der Waals surface area contributed by atoms with E-state index in [1.54, 1.807) is 23.5 Å². The molecule has 94 valence electrons. The van der Waals surface area contributed by atoms with Gasteiger partial charge >= 0.3 is 0 Å². The molecule has 0 saturated heterocycles. The van der Waals surface area contributed by atoms with Crippen molar-refractivity contribution in [1.29, 1.82) is 0 Å². The van der Waals surface area contributed by atoms with Crippen molar-refractivity contribution in [3.63, 3.8) is 0 Å². The maximum absolute atomic E-state index is 10.6. The van der Waals surface area contributed by atoms with Crippen molar-refractivity contribution in [2.45, 2.75) is 13.1 Å². The molecule has 0 bridgehead atoms. The van der Waals surface area contributed by atoms with Gasteiger partial charge in [-0.3, -0.25) is 10.1 Å². The summed E-state index contributed by atoms with van der Waals surface area (Å²) in [7, 11) is 0. The van der Waals surface area contributed by atoms with Crippen LogP contribution >= 0.6 is 22.9 Å². The molecule has 1 aromatic heterocycles. The summed E-state index contributed by atoms with van der Waals surface area (Å²) in [6, 6.07) is 8.53. The van der Waals surface area contributed by atoms with Crippen molar-refractivity contribution < 1.29 is 4.92 Å². The molecule has 0 aliphatic heterocycles. The first-order valence-corrected chi connectivity index (χ1v) is 6.58. The van der Waals surface area contributed by atoms with Crippen LogP contribution in [-0.2, 0) is 13.1 Å². The van der Waals surface area contributed by atoms with Crippen LogP contribution in [0.1, 0.15) is 10.4 Å². The maximum Gasteiger partial charge on any atom is 0.269 e. The van der Waals surface area contributed by atoms with Gasteiger partial charge in [-0.25, -0.2) is 0 Å². The number of hydrogen-bond acceptors (Lipinski definition) is 4. The third kappa shape index (κ3) is 3.53. The van der Waals surface area contributed by atoms with Crippen molar-refractivity contribution in [2.24, 2.45) is 0 Å². The van der Waals surface area contributed by atoms with Crippen molar-refractivity contribution in [1.82, 2.24) is 5.32 Å². The number of rotatable bonds is 5. The molecule has 0 spiro atoms. The van der Waals surface area contributed by atoms with Crippen LogP contribution in [0, 0.1) is 10.1 Å². The quantitative estimate of drug-likeness (QED) is 0.673. The van der Waals surface area contributed by atoms with E-state index in [0.717, 1.165) is 15.5 Å². The Hall–Kier alpha value is -1.43. The molecular weight excluding hydrogens is 272 g/mol. The fraction of sp³-hybridized carbons (Fsp3) is 0.167. The normalized spacial score (nSPS) is 10.5. The van der Waals surface area contributed by atoms with Gasteiger partial charge in [0.2, 0.25) is 0 Å². The van der Waals surface area contributed by atoms with Gasteiger partial charge < -0.3 is 5.32 Å². The minimum absolute atomic E-state index is 0.119. The number of nitrogens with zero attached hydrogens (tertiary/aromatic N) is 1. The standard InChI is InChI=1S/C12H11ClN2O2S/c13-10-5-12(18-8-10)7-14-6-9-2-1-3-11(4-9)15(16)17/h1-5,8,14H,6-7H2. The van der Waals surface area contributed by atoms with Crippen LogP contribution in [0.2, 0.25) is 5.02 Å². The molecule has 0 atom stereocenters. The molecule has 1 heterocycles. The number of hydrogen-bond donors (Lipinski definition) is 1. The number of nitro benzene ring substituents is 1. The molecule has 0 fully saturated rings. The van der Waals surface area contributed by atoms with Crippen LogP contribution in [-0.4, -0.2) is 4.92 Å². The van der Waals surface area contributed by atoms with Crippen LogP contribution in [0.15, 0.2) is 35.7 Å². The summed E-state index contributed by atoms with van der Waals surface area (Å²) in [5, 5.41) is 16.5. The molecule has 2 rings (SSSR count). The van der Waals surface area contributed by atoms with Gasteiger partial charge in [-0.2, -0.15) is 0 Å². The van der Waals surface area contributed by atoms with E-state index in [4.69, 9.17) is 11.6 Å². The molecule has 1 aromatic carbocycles. The molecule has 2 aromatic rings. The zero-order valence-electron chi connectivity index (χ0n) is 9.43. The molecular formula is C12H11ClN2O2S. The van der Waals surface area contributed by atoms with Gasteiger partial charge in [0.25, 0.3) is 5.69 Å². The van der Waals surface area contributed by atoms with E-state index in [9.17, 15) is 10.1 Å². The number of nitro groups is 1. The third-order valence-electron chi connectivity index (χ3n) is 2.37. The first kappa shape index (κ1) is 13.0. The van der Waals surface area contributed by atoms with Gasteiger partial charge in [-0.1, -0.05) is 23.7 Å². The van der Waals surface area contributed by atoms with E-state index in [2.05, 4.69) is 5.32 Å². The molecule has 1 N–H and O–H groups in total. The SMILES string of the molecule is O=[N+]([O-])c1cccc(CNCc2cc(Cl)cs2)c1. The molecule has 18 heavy (non-hydrogen) atoms. The Morgan fingerprint density at radius 2 is 2.17 bits per heavy atom. The van der Waals surface area contributed by atoms with E-state index in [1.807, 2.05) is 17.5 Å². The van der Waals surface area contributed by atoms with Crippen LogP contribution in [0.25, 0.3) is 0 Å². The van der Waals surface area contributed by atoms with Crippen LogP contribution < -0.4 is 5.32 Å². The van der Waals surface area contributed by atoms with E-state index in [0.29, 0.717) is 13.1 Å². The summed E-state index contributed by atoms with van der Waals surface area (Å²) in [6.45, 7) is 1.30. The maximum atomic E-state index is 10.6. The van der Waals surface area contributed by atoms with Crippen LogP contribution in [0.3, 0.4) is 0 Å². The average Bonchev–Trinajstić information content (AvgIpc) is 2.75. The lowest BCUT2D eigenvalue weighted by Gasteiger charge is -2.03. The highest BCUT2D eigenvalue weighted by atomic mass is 35.5. The van der Waals surface area contributed by atoms with Crippen molar-refractivity contribution in [3.05, 3.63) is 61.3 Å². The van der Waals surface area contributed by atoms with Crippen molar-refractivity contribution in [2.75, 3.05) is 0 Å². The van der Waals surface area contributed by atoms with Crippen molar-refractivity contribution in [3.8, 4) is 0 Å². The Morgan fingerprint density at radius 1 is 1.33 bits per heavy atom. The molecule has 0 aliphatic carbocycles. The molecule has 0 radical (unpaired) electrons. The average molecular weight is 283 g/mol. The van der Waals surface area contributed by atoms with E-state index in [-0.39, 0.29) is 10.6 Å². The molecule has 0 aliphatic rings. The van der Waals surface area contributed by atoms with E-state index in [1.165, 1.54) is 6.07 Å². The third-order valence-corrected chi connectivity index (χ3v) is 3.66. The fourth-order valence-electron chi connectivity index (χ4n) is 1.56. The van der Waals surface area contributed by atoms with Crippen LogP contribution in [0.4, 0.5) is 5.69 Å². The lowest BCUT2D eigenvalue weighted by molar-refractivity contribution is -0.384. The fourth-order valence-corrected chi connectivity index (χ4v) is 2.60. The largest absolute Gasteiger partial charge is 0.308 e. The van der Waals surface area contributed by atoms with Gasteiger partial charge in [-0.05, 0) is 11.6 Å². The summed E-state index contributed by atoms with van der Waals surface area (Å²) < 4.78 is 0. The zero-order valence-corrected chi connectivity index (χ0v) is 11.0. The Balaban J connectivity index is 1.90. The monoisotopic (exact) mass is 282 g/mol. The summed E-state index contributed by atoms with van der Waals surface area (Å²) in [6.07, 6.45) is 0. The number of thiophene rings is 1. The highest BCUT2D eigenvalue weighted by Crippen LogP contribution is 2.19. The zero-order chi connectivity index (χ0) is 13.0. The van der Waals surface area contributed by atoms with Crippen molar-refractivity contribution >= 4 is 28.6 Å². The molecule has 0 unspecified atom stereocenters. The molecule has 6 heteroatoms. The predicted octanol–water partition coefficient (Wildman–Crippen LogP) is 3.60. The summed E-state index contributed by atoms with van der Waals surface area (Å²) in [5.74, 6) is 0.